The first-order valence-electron chi connectivity index (χ1n) is 6.86. The summed E-state index contributed by atoms with van der Waals surface area (Å²) >= 11 is 1.54. The van der Waals surface area contributed by atoms with Crippen LogP contribution in [0.2, 0.25) is 0 Å². The third-order valence-corrected chi connectivity index (χ3v) is 4.83. The summed E-state index contributed by atoms with van der Waals surface area (Å²) in [6.07, 6.45) is 0.363. The van der Waals surface area contributed by atoms with Crippen LogP contribution in [0.3, 0.4) is 0 Å². The summed E-state index contributed by atoms with van der Waals surface area (Å²) in [7, 11) is 5.06. The van der Waals surface area contributed by atoms with Crippen molar-refractivity contribution in [1.82, 2.24) is 4.98 Å². The molecule has 1 aliphatic heterocycles. The molecule has 0 saturated carbocycles. The van der Waals surface area contributed by atoms with E-state index in [9.17, 15) is 4.79 Å². The lowest BCUT2D eigenvalue weighted by Gasteiger charge is -2.23. The van der Waals surface area contributed by atoms with Crippen LogP contribution in [0.4, 0.5) is 10.9 Å². The summed E-state index contributed by atoms with van der Waals surface area (Å²) in [5, 5.41) is 6.63. The van der Waals surface area contributed by atoms with E-state index in [1.807, 2.05) is 25.2 Å². The molecule has 3 rings (SSSR count). The van der Waals surface area contributed by atoms with Crippen LogP contribution in [0, 0.1) is 0 Å². The first-order valence-corrected chi connectivity index (χ1v) is 7.68. The molecule has 1 aromatic carbocycles. The monoisotopic (exact) mass is 319 g/mol. The number of carbonyl (C=O) groups is 1. The van der Waals surface area contributed by atoms with Crippen molar-refractivity contribution < 1.29 is 14.3 Å². The lowest BCUT2D eigenvalue weighted by molar-refractivity contribution is -0.116. The van der Waals surface area contributed by atoms with E-state index in [0.29, 0.717) is 12.2 Å². The Balaban J connectivity index is 2.12. The molecule has 1 atom stereocenters. The normalized spacial score (nSPS) is 16.7. The van der Waals surface area contributed by atoms with Gasteiger partial charge in [0.25, 0.3) is 0 Å². The highest BCUT2D eigenvalue weighted by Crippen LogP contribution is 2.45. The maximum absolute atomic E-state index is 12.0. The van der Waals surface area contributed by atoms with Crippen molar-refractivity contribution in [3.8, 4) is 11.5 Å². The summed E-state index contributed by atoms with van der Waals surface area (Å²) < 4.78 is 10.8. The van der Waals surface area contributed by atoms with Crippen molar-refractivity contribution in [2.75, 3.05) is 31.9 Å². The van der Waals surface area contributed by atoms with Crippen LogP contribution in [-0.2, 0) is 4.79 Å². The van der Waals surface area contributed by atoms with E-state index in [4.69, 9.17) is 9.47 Å². The van der Waals surface area contributed by atoms with Gasteiger partial charge in [-0.2, -0.15) is 0 Å². The fourth-order valence-electron chi connectivity index (χ4n) is 2.59. The highest BCUT2D eigenvalue weighted by Gasteiger charge is 2.32. The number of methoxy groups -OCH3 is 2. The maximum Gasteiger partial charge on any atom is 0.226 e. The zero-order valence-corrected chi connectivity index (χ0v) is 13.4. The molecule has 7 heteroatoms. The van der Waals surface area contributed by atoms with E-state index in [2.05, 4.69) is 15.6 Å². The number of benzene rings is 1. The molecule has 1 unspecified atom stereocenters. The number of hydrogen-bond donors (Lipinski definition) is 2. The van der Waals surface area contributed by atoms with Gasteiger partial charge in [-0.15, -0.1) is 0 Å². The molecule has 6 nitrogen and oxygen atoms in total. The molecule has 2 heterocycles. The van der Waals surface area contributed by atoms with E-state index in [-0.39, 0.29) is 11.8 Å². The van der Waals surface area contributed by atoms with Gasteiger partial charge in [-0.1, -0.05) is 11.3 Å². The quantitative estimate of drug-likeness (QED) is 0.906. The van der Waals surface area contributed by atoms with Gasteiger partial charge in [0.1, 0.15) is 17.3 Å². The Bertz CT molecular complexity index is 714. The van der Waals surface area contributed by atoms with Gasteiger partial charge in [0, 0.05) is 24.9 Å². The summed E-state index contributed by atoms with van der Waals surface area (Å²) in [4.78, 5) is 17.4. The Labute approximate surface area is 132 Å². The molecule has 1 aromatic heterocycles. The first-order chi connectivity index (χ1) is 10.7. The van der Waals surface area contributed by atoms with Crippen LogP contribution in [0.15, 0.2) is 18.2 Å². The number of carbonyl (C=O) groups excluding carboxylic acids is 1. The minimum absolute atomic E-state index is 0.0460. The van der Waals surface area contributed by atoms with E-state index >= 15 is 0 Å². The number of amides is 1. The predicted octanol–water partition coefficient (Wildman–Crippen LogP) is 2.68. The van der Waals surface area contributed by atoms with E-state index in [0.717, 1.165) is 27.1 Å². The standard InChI is InChI=1S/C15H17N3O3S/c1-16-15-18-14-13(22-15)10(7-12(19)17-14)9-6-8(20-2)4-5-11(9)21-3/h4-6,10H,7H2,1-3H3,(H,16,18)(H,17,19). The highest BCUT2D eigenvalue weighted by molar-refractivity contribution is 7.16. The fraction of sp³-hybridized carbons (Fsp3) is 0.333. The Kier molecular flexibility index (Phi) is 3.89. The van der Waals surface area contributed by atoms with Crippen LogP contribution in [-0.4, -0.2) is 32.2 Å². The lowest BCUT2D eigenvalue weighted by atomic mass is 9.90. The van der Waals surface area contributed by atoms with Crippen molar-refractivity contribution in [2.45, 2.75) is 12.3 Å². The van der Waals surface area contributed by atoms with Crippen molar-refractivity contribution in [1.29, 1.82) is 0 Å². The lowest BCUT2D eigenvalue weighted by Crippen LogP contribution is -2.23. The maximum atomic E-state index is 12.0. The Morgan fingerprint density at radius 2 is 2.18 bits per heavy atom. The minimum atomic E-state index is -0.0894. The van der Waals surface area contributed by atoms with Crippen molar-refractivity contribution >= 4 is 28.2 Å². The molecule has 0 saturated heterocycles. The van der Waals surface area contributed by atoms with E-state index in [1.54, 1.807) is 14.2 Å². The number of nitrogens with zero attached hydrogens (tertiary/aromatic N) is 1. The minimum Gasteiger partial charge on any atom is -0.497 e. The van der Waals surface area contributed by atoms with E-state index in [1.165, 1.54) is 11.3 Å². The van der Waals surface area contributed by atoms with Crippen LogP contribution < -0.4 is 20.1 Å². The molecular formula is C15H17N3O3S. The second kappa shape index (κ2) is 5.84. The fourth-order valence-corrected chi connectivity index (χ4v) is 3.58. The number of thiazole rings is 1. The molecule has 1 amide bonds. The van der Waals surface area contributed by atoms with Gasteiger partial charge in [0.2, 0.25) is 5.91 Å². The smallest absolute Gasteiger partial charge is 0.226 e. The average molecular weight is 319 g/mol. The molecule has 2 N–H and O–H groups in total. The summed E-state index contributed by atoms with van der Waals surface area (Å²) in [6.45, 7) is 0. The Morgan fingerprint density at radius 3 is 2.86 bits per heavy atom. The molecule has 0 spiro atoms. The second-order valence-electron chi connectivity index (χ2n) is 4.89. The van der Waals surface area contributed by atoms with Crippen molar-refractivity contribution in [2.24, 2.45) is 0 Å². The van der Waals surface area contributed by atoms with Crippen LogP contribution in [0.1, 0.15) is 22.8 Å². The number of aromatic nitrogens is 1. The van der Waals surface area contributed by atoms with E-state index < -0.39 is 0 Å². The topological polar surface area (TPSA) is 72.5 Å². The van der Waals surface area contributed by atoms with Crippen LogP contribution >= 0.6 is 11.3 Å². The first kappa shape index (κ1) is 14.6. The van der Waals surface area contributed by atoms with Gasteiger partial charge in [0.15, 0.2) is 5.13 Å². The summed E-state index contributed by atoms with van der Waals surface area (Å²) in [6, 6.07) is 5.63. The Morgan fingerprint density at radius 1 is 1.36 bits per heavy atom. The van der Waals surface area contributed by atoms with Gasteiger partial charge in [-0.3, -0.25) is 4.79 Å². The molecular weight excluding hydrogens is 302 g/mol. The number of ether oxygens (including phenoxy) is 2. The third kappa shape index (κ3) is 2.48. The summed E-state index contributed by atoms with van der Waals surface area (Å²) in [5.41, 5.74) is 0.934. The zero-order valence-electron chi connectivity index (χ0n) is 12.6. The van der Waals surface area contributed by atoms with Gasteiger partial charge in [0.05, 0.1) is 19.1 Å². The van der Waals surface area contributed by atoms with Crippen LogP contribution in [0.25, 0.3) is 0 Å². The average Bonchev–Trinajstić information content (AvgIpc) is 2.96. The van der Waals surface area contributed by atoms with Gasteiger partial charge in [-0.05, 0) is 18.2 Å². The number of hydrogen-bond acceptors (Lipinski definition) is 6. The van der Waals surface area contributed by atoms with Gasteiger partial charge in [-0.25, -0.2) is 4.98 Å². The van der Waals surface area contributed by atoms with Crippen LogP contribution in [0.5, 0.6) is 11.5 Å². The Hall–Kier alpha value is -2.28. The second-order valence-corrected chi connectivity index (χ2v) is 5.93. The van der Waals surface area contributed by atoms with Gasteiger partial charge < -0.3 is 20.1 Å². The molecule has 2 aromatic rings. The SMILES string of the molecule is CNc1nc2c(s1)C(c1cc(OC)ccc1OC)CC(=O)N2. The molecule has 22 heavy (non-hydrogen) atoms. The molecule has 1 aliphatic rings. The number of rotatable bonds is 4. The largest absolute Gasteiger partial charge is 0.497 e. The van der Waals surface area contributed by atoms with Crippen molar-refractivity contribution in [3.63, 3.8) is 0 Å². The van der Waals surface area contributed by atoms with Gasteiger partial charge >= 0.3 is 0 Å². The number of nitrogens with one attached hydrogen (secondary N) is 2. The third-order valence-electron chi connectivity index (χ3n) is 3.64. The number of fused-ring (bicyclic) bond motifs is 1. The molecule has 0 aliphatic carbocycles. The highest BCUT2D eigenvalue weighted by atomic mass is 32.1. The molecule has 0 radical (unpaired) electrons. The van der Waals surface area contributed by atoms with Crippen molar-refractivity contribution in [3.05, 3.63) is 28.6 Å². The molecule has 0 fully saturated rings. The summed E-state index contributed by atoms with van der Waals surface area (Å²) in [5.74, 6) is 1.97. The number of anilines is 2. The zero-order chi connectivity index (χ0) is 15.7. The predicted molar refractivity (Wildman–Crippen MR) is 86.3 cm³/mol. The molecule has 116 valence electrons. The molecule has 0 bridgehead atoms.